The molecule has 1 saturated carbocycles. The van der Waals surface area contributed by atoms with Crippen LogP contribution in [0.1, 0.15) is 71.6 Å². The van der Waals surface area contributed by atoms with E-state index >= 15 is 0 Å². The van der Waals surface area contributed by atoms with Crippen LogP contribution < -0.4 is 0 Å². The van der Waals surface area contributed by atoms with Gasteiger partial charge in [0.05, 0.1) is 0 Å². The summed E-state index contributed by atoms with van der Waals surface area (Å²) in [6.07, 6.45) is 14.8. The van der Waals surface area contributed by atoms with E-state index in [1.165, 1.54) is 57.8 Å². The summed E-state index contributed by atoms with van der Waals surface area (Å²) in [7, 11) is 0. The molecular weight excluding hydrogens is 180 g/mol. The van der Waals surface area contributed by atoms with Gasteiger partial charge in [-0.15, -0.1) is 6.58 Å². The van der Waals surface area contributed by atoms with Gasteiger partial charge in [0.1, 0.15) is 0 Å². The van der Waals surface area contributed by atoms with Gasteiger partial charge in [-0.25, -0.2) is 0 Å². The zero-order chi connectivity index (χ0) is 11.1. The second-order valence-electron chi connectivity index (χ2n) is 5.49. The Bertz CT molecular complexity index is 170. The van der Waals surface area contributed by atoms with Crippen LogP contribution in [-0.4, -0.2) is 0 Å². The summed E-state index contributed by atoms with van der Waals surface area (Å²) >= 11 is 0. The molecule has 0 heterocycles. The molecular formula is C15H28. The standard InChI is InChI=1S/C15H28/c1-4-10-15(11-5-2,12-6-3)13-14-8-7-9-14/h4,14H,1,5-13H2,2-3H3. The fourth-order valence-corrected chi connectivity index (χ4v) is 3.29. The van der Waals surface area contributed by atoms with Crippen LogP contribution in [0, 0.1) is 11.3 Å². The van der Waals surface area contributed by atoms with E-state index < -0.39 is 0 Å². The van der Waals surface area contributed by atoms with Gasteiger partial charge >= 0.3 is 0 Å². The first-order valence-electron chi connectivity index (χ1n) is 6.87. The summed E-state index contributed by atoms with van der Waals surface area (Å²) in [5.41, 5.74) is 0.607. The number of hydrogen-bond acceptors (Lipinski definition) is 0. The molecule has 1 fully saturated rings. The lowest BCUT2D eigenvalue weighted by Crippen LogP contribution is -2.26. The maximum atomic E-state index is 3.96. The fourth-order valence-electron chi connectivity index (χ4n) is 3.29. The summed E-state index contributed by atoms with van der Waals surface area (Å²) in [4.78, 5) is 0. The minimum absolute atomic E-state index is 0.607. The largest absolute Gasteiger partial charge is 0.103 e. The molecule has 0 heteroatoms. The second kappa shape index (κ2) is 6.35. The lowest BCUT2D eigenvalue weighted by atomic mass is 9.66. The minimum atomic E-state index is 0.607. The van der Waals surface area contributed by atoms with Gasteiger partial charge in [0.2, 0.25) is 0 Å². The fraction of sp³-hybridized carbons (Fsp3) is 0.867. The van der Waals surface area contributed by atoms with Crippen LogP contribution >= 0.6 is 0 Å². The highest BCUT2D eigenvalue weighted by Gasteiger charge is 2.32. The predicted molar refractivity (Wildman–Crippen MR) is 69.0 cm³/mol. The highest BCUT2D eigenvalue weighted by molar-refractivity contribution is 4.89. The predicted octanol–water partition coefficient (Wildman–Crippen LogP) is 5.34. The van der Waals surface area contributed by atoms with Crippen molar-refractivity contribution < 1.29 is 0 Å². The summed E-state index contributed by atoms with van der Waals surface area (Å²) in [5.74, 6) is 1.04. The van der Waals surface area contributed by atoms with E-state index in [9.17, 15) is 0 Å². The van der Waals surface area contributed by atoms with Gasteiger partial charge in [-0.3, -0.25) is 0 Å². The van der Waals surface area contributed by atoms with Gasteiger partial charge in [0.25, 0.3) is 0 Å². The molecule has 1 aliphatic carbocycles. The van der Waals surface area contributed by atoms with Gasteiger partial charge in [-0.2, -0.15) is 0 Å². The first-order chi connectivity index (χ1) is 7.26. The van der Waals surface area contributed by atoms with Crippen molar-refractivity contribution in [2.24, 2.45) is 11.3 Å². The van der Waals surface area contributed by atoms with Crippen LogP contribution in [0.3, 0.4) is 0 Å². The molecule has 15 heavy (non-hydrogen) atoms. The Morgan fingerprint density at radius 2 is 1.80 bits per heavy atom. The van der Waals surface area contributed by atoms with Crippen molar-refractivity contribution in [1.82, 2.24) is 0 Å². The molecule has 88 valence electrons. The van der Waals surface area contributed by atoms with Gasteiger partial charge < -0.3 is 0 Å². The van der Waals surface area contributed by atoms with Crippen LogP contribution in [-0.2, 0) is 0 Å². The van der Waals surface area contributed by atoms with E-state index in [1.807, 2.05) is 0 Å². The van der Waals surface area contributed by atoms with Crippen molar-refractivity contribution in [3.63, 3.8) is 0 Å². The topological polar surface area (TPSA) is 0 Å². The normalized spacial score (nSPS) is 17.5. The number of allylic oxidation sites excluding steroid dienone is 1. The lowest BCUT2D eigenvalue weighted by molar-refractivity contribution is 0.135. The third kappa shape index (κ3) is 3.66. The Balaban J connectivity index is 2.55. The van der Waals surface area contributed by atoms with Crippen LogP contribution in [0.4, 0.5) is 0 Å². The molecule has 0 aromatic carbocycles. The van der Waals surface area contributed by atoms with Crippen LogP contribution in [0.15, 0.2) is 12.7 Å². The quantitative estimate of drug-likeness (QED) is 0.472. The van der Waals surface area contributed by atoms with Gasteiger partial charge in [-0.1, -0.05) is 52.0 Å². The maximum Gasteiger partial charge on any atom is -0.0261 e. The zero-order valence-electron chi connectivity index (χ0n) is 10.7. The highest BCUT2D eigenvalue weighted by atomic mass is 14.4. The molecule has 0 spiro atoms. The van der Waals surface area contributed by atoms with Gasteiger partial charge in [-0.05, 0) is 37.0 Å². The first-order valence-corrected chi connectivity index (χ1v) is 6.87. The molecule has 0 radical (unpaired) electrons. The average molecular weight is 208 g/mol. The van der Waals surface area contributed by atoms with E-state index in [2.05, 4.69) is 26.5 Å². The van der Waals surface area contributed by atoms with E-state index in [0.29, 0.717) is 5.41 Å². The smallest absolute Gasteiger partial charge is 0.0261 e. The van der Waals surface area contributed by atoms with Crippen molar-refractivity contribution in [3.8, 4) is 0 Å². The lowest BCUT2D eigenvalue weighted by Gasteiger charge is -2.39. The Hall–Kier alpha value is -0.260. The third-order valence-electron chi connectivity index (χ3n) is 4.08. The van der Waals surface area contributed by atoms with Gasteiger partial charge in [0, 0.05) is 0 Å². The van der Waals surface area contributed by atoms with Crippen molar-refractivity contribution in [2.45, 2.75) is 71.6 Å². The molecule has 0 atom stereocenters. The van der Waals surface area contributed by atoms with Crippen molar-refractivity contribution in [2.75, 3.05) is 0 Å². The maximum absolute atomic E-state index is 3.96. The summed E-state index contributed by atoms with van der Waals surface area (Å²) in [6, 6.07) is 0. The molecule has 0 bridgehead atoms. The van der Waals surface area contributed by atoms with E-state index in [0.717, 1.165) is 5.92 Å². The molecule has 1 rings (SSSR count). The Labute approximate surface area is 96.2 Å². The molecule has 0 aliphatic heterocycles. The first kappa shape index (κ1) is 12.8. The third-order valence-corrected chi connectivity index (χ3v) is 4.08. The van der Waals surface area contributed by atoms with Crippen molar-refractivity contribution >= 4 is 0 Å². The van der Waals surface area contributed by atoms with Crippen LogP contribution in [0.25, 0.3) is 0 Å². The number of rotatable bonds is 8. The van der Waals surface area contributed by atoms with Crippen molar-refractivity contribution in [3.05, 3.63) is 12.7 Å². The highest BCUT2D eigenvalue weighted by Crippen LogP contribution is 2.45. The summed E-state index contributed by atoms with van der Waals surface area (Å²) < 4.78 is 0. The van der Waals surface area contributed by atoms with Crippen LogP contribution in [0.5, 0.6) is 0 Å². The summed E-state index contributed by atoms with van der Waals surface area (Å²) in [5, 5.41) is 0. The van der Waals surface area contributed by atoms with Crippen LogP contribution in [0.2, 0.25) is 0 Å². The molecule has 0 saturated heterocycles. The summed E-state index contributed by atoms with van der Waals surface area (Å²) in [6.45, 7) is 8.62. The average Bonchev–Trinajstić information content (AvgIpc) is 2.13. The Morgan fingerprint density at radius 3 is 2.13 bits per heavy atom. The van der Waals surface area contributed by atoms with E-state index in [1.54, 1.807) is 0 Å². The van der Waals surface area contributed by atoms with Crippen molar-refractivity contribution in [1.29, 1.82) is 0 Å². The van der Waals surface area contributed by atoms with E-state index in [-0.39, 0.29) is 0 Å². The molecule has 0 unspecified atom stereocenters. The second-order valence-corrected chi connectivity index (χ2v) is 5.49. The molecule has 0 amide bonds. The SMILES string of the molecule is C=CCC(CCC)(CCC)CC1CCC1. The molecule has 0 aromatic heterocycles. The molecule has 0 N–H and O–H groups in total. The number of hydrogen-bond donors (Lipinski definition) is 0. The van der Waals surface area contributed by atoms with E-state index in [4.69, 9.17) is 0 Å². The monoisotopic (exact) mass is 208 g/mol. The Morgan fingerprint density at radius 1 is 1.20 bits per heavy atom. The van der Waals surface area contributed by atoms with Gasteiger partial charge in [0.15, 0.2) is 0 Å². The molecule has 0 nitrogen and oxygen atoms in total. The Kier molecular flexibility index (Phi) is 5.42. The molecule has 1 aliphatic rings. The zero-order valence-corrected chi connectivity index (χ0v) is 10.7. The molecule has 0 aromatic rings. The minimum Gasteiger partial charge on any atom is -0.103 e.